The van der Waals surface area contributed by atoms with Crippen LogP contribution < -0.4 is 0 Å². The third kappa shape index (κ3) is 1.73. The van der Waals surface area contributed by atoms with Gasteiger partial charge in [0, 0.05) is 5.56 Å². The van der Waals surface area contributed by atoms with E-state index in [0.29, 0.717) is 5.56 Å². The molecule has 1 aromatic carbocycles. The van der Waals surface area contributed by atoms with Crippen LogP contribution in [0.2, 0.25) is 0 Å². The molecule has 1 N–H and O–H groups in total. The lowest BCUT2D eigenvalue weighted by Crippen LogP contribution is -2.17. The summed E-state index contributed by atoms with van der Waals surface area (Å²) in [7, 11) is 0. The average molecular weight is 220 g/mol. The van der Waals surface area contributed by atoms with Crippen LogP contribution in [0.5, 0.6) is 0 Å². The smallest absolute Gasteiger partial charge is 0.377 e. The molecule has 16 heavy (non-hydrogen) atoms. The Morgan fingerprint density at radius 2 is 1.06 bits per heavy atom. The first kappa shape index (κ1) is 12.4. The SMILES string of the molecule is Cc1c(C)c(C)c(C(=O)C(=O)O)c(C)c1C. The lowest BCUT2D eigenvalue weighted by molar-refractivity contribution is -0.131. The monoisotopic (exact) mass is 220 g/mol. The van der Waals surface area contributed by atoms with Gasteiger partial charge in [-0.2, -0.15) is 0 Å². The molecule has 0 unspecified atom stereocenters. The zero-order chi connectivity index (χ0) is 12.6. The molecule has 0 amide bonds. The topological polar surface area (TPSA) is 54.4 Å². The van der Waals surface area contributed by atoms with Crippen molar-refractivity contribution in [3.63, 3.8) is 0 Å². The Balaban J connectivity index is 3.64. The Kier molecular flexibility index (Phi) is 3.17. The summed E-state index contributed by atoms with van der Waals surface area (Å²) in [5.74, 6) is -2.21. The van der Waals surface area contributed by atoms with Crippen LogP contribution in [0, 0.1) is 34.6 Å². The molecular formula is C13H16O3. The largest absolute Gasteiger partial charge is 0.475 e. The van der Waals surface area contributed by atoms with Crippen LogP contribution in [0.3, 0.4) is 0 Å². The molecule has 1 rings (SSSR count). The number of rotatable bonds is 2. The minimum absolute atomic E-state index is 0.341. The van der Waals surface area contributed by atoms with Crippen LogP contribution in [-0.4, -0.2) is 16.9 Å². The molecule has 0 aliphatic rings. The highest BCUT2D eigenvalue weighted by Gasteiger charge is 2.22. The van der Waals surface area contributed by atoms with Gasteiger partial charge in [-0.15, -0.1) is 0 Å². The molecule has 0 bridgehead atoms. The molecule has 0 atom stereocenters. The van der Waals surface area contributed by atoms with Crippen LogP contribution in [0.25, 0.3) is 0 Å². The summed E-state index contributed by atoms with van der Waals surface area (Å²) in [6.45, 7) is 9.40. The van der Waals surface area contributed by atoms with Gasteiger partial charge in [0.2, 0.25) is 0 Å². The molecule has 0 aliphatic heterocycles. The van der Waals surface area contributed by atoms with Gasteiger partial charge >= 0.3 is 5.97 Å². The van der Waals surface area contributed by atoms with E-state index in [1.165, 1.54) is 0 Å². The van der Waals surface area contributed by atoms with E-state index < -0.39 is 11.8 Å². The molecule has 0 fully saturated rings. The van der Waals surface area contributed by atoms with Crippen molar-refractivity contribution in [1.82, 2.24) is 0 Å². The van der Waals surface area contributed by atoms with E-state index >= 15 is 0 Å². The molecule has 3 heteroatoms. The van der Waals surface area contributed by atoms with Crippen molar-refractivity contribution in [1.29, 1.82) is 0 Å². The molecular weight excluding hydrogens is 204 g/mol. The highest BCUT2D eigenvalue weighted by molar-refractivity contribution is 6.40. The number of carboxylic acid groups (broad SMARTS) is 1. The first-order valence-electron chi connectivity index (χ1n) is 5.13. The lowest BCUT2D eigenvalue weighted by Gasteiger charge is -2.16. The van der Waals surface area contributed by atoms with Crippen molar-refractivity contribution in [2.45, 2.75) is 34.6 Å². The Morgan fingerprint density at radius 1 is 0.750 bits per heavy atom. The molecule has 0 aromatic heterocycles. The average Bonchev–Trinajstić information content (AvgIpc) is 2.23. The number of carbonyl (C=O) groups is 2. The van der Waals surface area contributed by atoms with Crippen molar-refractivity contribution in [2.75, 3.05) is 0 Å². The Labute approximate surface area is 95.1 Å². The van der Waals surface area contributed by atoms with E-state index in [0.717, 1.165) is 27.8 Å². The molecule has 3 nitrogen and oxygen atoms in total. The van der Waals surface area contributed by atoms with Crippen LogP contribution in [0.4, 0.5) is 0 Å². The van der Waals surface area contributed by atoms with Gasteiger partial charge in [-0.25, -0.2) is 4.79 Å². The third-order valence-corrected chi connectivity index (χ3v) is 3.42. The standard InChI is InChI=1S/C13H16O3/c1-6-7(2)9(4)11(10(5)8(6)3)12(14)13(15)16/h1-5H3,(H,15,16). The van der Waals surface area contributed by atoms with Crippen molar-refractivity contribution >= 4 is 11.8 Å². The van der Waals surface area contributed by atoms with Crippen LogP contribution in [0.1, 0.15) is 38.2 Å². The lowest BCUT2D eigenvalue weighted by atomic mass is 9.88. The molecule has 0 spiro atoms. The summed E-state index contributed by atoms with van der Waals surface area (Å²) >= 11 is 0. The van der Waals surface area contributed by atoms with Gasteiger partial charge in [0.15, 0.2) is 0 Å². The highest BCUT2D eigenvalue weighted by Crippen LogP contribution is 2.26. The van der Waals surface area contributed by atoms with E-state index in [2.05, 4.69) is 0 Å². The second kappa shape index (κ2) is 4.08. The number of hydrogen-bond acceptors (Lipinski definition) is 2. The second-order valence-electron chi connectivity index (χ2n) is 4.13. The van der Waals surface area contributed by atoms with Gasteiger partial charge in [0.1, 0.15) is 0 Å². The summed E-state index contributed by atoms with van der Waals surface area (Å²) in [6, 6.07) is 0. The number of ketones is 1. The fourth-order valence-electron chi connectivity index (χ4n) is 1.95. The molecule has 0 saturated carbocycles. The van der Waals surface area contributed by atoms with E-state index in [1.54, 1.807) is 13.8 Å². The van der Waals surface area contributed by atoms with Crippen molar-refractivity contribution in [2.24, 2.45) is 0 Å². The highest BCUT2D eigenvalue weighted by atomic mass is 16.4. The first-order valence-corrected chi connectivity index (χ1v) is 5.13. The molecule has 1 aromatic rings. The van der Waals surface area contributed by atoms with Crippen LogP contribution in [-0.2, 0) is 4.79 Å². The summed E-state index contributed by atoms with van der Waals surface area (Å²) in [5, 5.41) is 8.79. The van der Waals surface area contributed by atoms with Gasteiger partial charge in [-0.3, -0.25) is 4.79 Å². The predicted molar refractivity (Wildman–Crippen MR) is 62.1 cm³/mol. The van der Waals surface area contributed by atoms with Crippen LogP contribution >= 0.6 is 0 Å². The van der Waals surface area contributed by atoms with Gasteiger partial charge in [0.25, 0.3) is 5.78 Å². The molecule has 0 radical (unpaired) electrons. The van der Waals surface area contributed by atoms with E-state index in [4.69, 9.17) is 5.11 Å². The van der Waals surface area contributed by atoms with Gasteiger partial charge in [-0.1, -0.05) is 0 Å². The summed E-state index contributed by atoms with van der Waals surface area (Å²) in [5.41, 5.74) is 4.99. The van der Waals surface area contributed by atoms with Gasteiger partial charge in [-0.05, 0) is 62.4 Å². The fourth-order valence-corrected chi connectivity index (χ4v) is 1.95. The molecule has 0 aliphatic carbocycles. The number of carbonyl (C=O) groups excluding carboxylic acids is 1. The van der Waals surface area contributed by atoms with Crippen molar-refractivity contribution in [3.05, 3.63) is 33.4 Å². The quantitative estimate of drug-likeness (QED) is 0.615. The van der Waals surface area contributed by atoms with E-state index in [-0.39, 0.29) is 0 Å². The number of benzene rings is 1. The Morgan fingerprint density at radius 3 is 1.38 bits per heavy atom. The minimum Gasteiger partial charge on any atom is -0.475 e. The number of Topliss-reactive ketones (excluding diaryl/α,β-unsaturated/α-hetero) is 1. The van der Waals surface area contributed by atoms with Crippen molar-refractivity contribution < 1.29 is 14.7 Å². The normalized spacial score (nSPS) is 10.3. The van der Waals surface area contributed by atoms with E-state index in [9.17, 15) is 9.59 Å². The summed E-state index contributed by atoms with van der Waals surface area (Å²) in [6.07, 6.45) is 0. The number of hydrogen-bond donors (Lipinski definition) is 1. The summed E-state index contributed by atoms with van der Waals surface area (Å²) in [4.78, 5) is 22.4. The van der Waals surface area contributed by atoms with E-state index in [1.807, 2.05) is 20.8 Å². The van der Waals surface area contributed by atoms with Crippen LogP contribution in [0.15, 0.2) is 0 Å². The van der Waals surface area contributed by atoms with Crippen molar-refractivity contribution in [3.8, 4) is 0 Å². The molecule has 86 valence electrons. The van der Waals surface area contributed by atoms with Gasteiger partial charge in [0.05, 0.1) is 0 Å². The third-order valence-electron chi connectivity index (χ3n) is 3.42. The molecule has 0 saturated heterocycles. The predicted octanol–water partition coefficient (Wildman–Crippen LogP) is 2.50. The fraction of sp³-hybridized carbons (Fsp3) is 0.385. The zero-order valence-corrected chi connectivity index (χ0v) is 10.3. The first-order chi connectivity index (χ1) is 7.29. The maximum atomic E-state index is 11.6. The second-order valence-corrected chi connectivity index (χ2v) is 4.13. The zero-order valence-electron chi connectivity index (χ0n) is 10.3. The molecule has 0 heterocycles. The maximum Gasteiger partial charge on any atom is 0.377 e. The summed E-state index contributed by atoms with van der Waals surface area (Å²) < 4.78 is 0. The Bertz CT molecular complexity index is 455. The maximum absolute atomic E-state index is 11.6. The number of carboxylic acids is 1. The van der Waals surface area contributed by atoms with Gasteiger partial charge < -0.3 is 5.11 Å². The Hall–Kier alpha value is -1.64. The minimum atomic E-state index is -1.39. The number of aliphatic carboxylic acids is 1.